The summed E-state index contributed by atoms with van der Waals surface area (Å²) in [6, 6.07) is 5.27. The van der Waals surface area contributed by atoms with Gasteiger partial charge in [-0.1, -0.05) is 25.4 Å². The van der Waals surface area contributed by atoms with Crippen LogP contribution in [0.1, 0.15) is 30.6 Å². The highest BCUT2D eigenvalue weighted by molar-refractivity contribution is 14.1. The van der Waals surface area contributed by atoms with Crippen LogP contribution in [0, 0.1) is 9.49 Å². The van der Waals surface area contributed by atoms with E-state index >= 15 is 0 Å². The van der Waals surface area contributed by atoms with Crippen LogP contribution < -0.4 is 5.32 Å². The van der Waals surface area contributed by atoms with Crippen LogP contribution in [0.25, 0.3) is 0 Å². The van der Waals surface area contributed by atoms with Crippen molar-refractivity contribution in [1.82, 2.24) is 5.32 Å². The number of alkyl halides is 1. The zero-order valence-electron chi connectivity index (χ0n) is 10.3. The molecule has 0 aliphatic carbocycles. The highest BCUT2D eigenvalue weighted by Crippen LogP contribution is 2.19. The van der Waals surface area contributed by atoms with E-state index in [2.05, 4.69) is 41.8 Å². The molecule has 0 spiro atoms. The Balaban J connectivity index is 2.71. The number of carbonyl (C=O) groups excluding carboxylic acids is 1. The van der Waals surface area contributed by atoms with Gasteiger partial charge in [0.2, 0.25) is 0 Å². The summed E-state index contributed by atoms with van der Waals surface area (Å²) in [4.78, 5) is 12.0. The smallest absolute Gasteiger partial charge is 0.251 e. The molecular formula is C13H16Cl2INO. The molecule has 100 valence electrons. The average Bonchev–Trinajstić information content (AvgIpc) is 2.31. The van der Waals surface area contributed by atoms with E-state index in [0.29, 0.717) is 22.4 Å². The first-order chi connectivity index (χ1) is 8.43. The van der Waals surface area contributed by atoms with Gasteiger partial charge in [0.05, 0.1) is 5.02 Å². The molecule has 1 atom stereocenters. The van der Waals surface area contributed by atoms with Crippen LogP contribution >= 0.6 is 45.8 Å². The summed E-state index contributed by atoms with van der Waals surface area (Å²) in [5, 5.41) is 3.52. The van der Waals surface area contributed by atoms with Crippen LogP contribution in [0.5, 0.6) is 0 Å². The summed E-state index contributed by atoms with van der Waals surface area (Å²) in [6.07, 6.45) is 0.868. The Labute approximate surface area is 132 Å². The molecule has 0 radical (unpaired) electrons. The number of rotatable bonds is 5. The Morgan fingerprint density at radius 2 is 2.11 bits per heavy atom. The molecule has 1 rings (SSSR count). The van der Waals surface area contributed by atoms with Gasteiger partial charge in [-0.25, -0.2) is 0 Å². The lowest BCUT2D eigenvalue weighted by Crippen LogP contribution is -2.37. The fraction of sp³-hybridized carbons (Fsp3) is 0.462. The van der Waals surface area contributed by atoms with Gasteiger partial charge in [0, 0.05) is 21.1 Å². The van der Waals surface area contributed by atoms with E-state index in [4.69, 9.17) is 23.2 Å². The van der Waals surface area contributed by atoms with Gasteiger partial charge < -0.3 is 5.32 Å². The number of amides is 1. The van der Waals surface area contributed by atoms with Gasteiger partial charge in [-0.05, 0) is 53.1 Å². The van der Waals surface area contributed by atoms with Crippen molar-refractivity contribution < 1.29 is 4.79 Å². The number of benzene rings is 1. The maximum absolute atomic E-state index is 12.0. The standard InChI is InChI=1S/C13H16Cl2INO/c1-8(2)5-10(7-14)17-13(18)9-3-4-12(16)11(15)6-9/h3-4,6,8,10H,5,7H2,1-2H3,(H,17,18). The van der Waals surface area contributed by atoms with Gasteiger partial charge in [-0.15, -0.1) is 11.6 Å². The van der Waals surface area contributed by atoms with Crippen LogP contribution in [0.2, 0.25) is 5.02 Å². The summed E-state index contributed by atoms with van der Waals surface area (Å²) in [6.45, 7) is 4.21. The highest BCUT2D eigenvalue weighted by Gasteiger charge is 2.15. The van der Waals surface area contributed by atoms with Crippen LogP contribution in [-0.2, 0) is 0 Å². The van der Waals surface area contributed by atoms with Crippen molar-refractivity contribution in [2.75, 3.05) is 5.88 Å². The van der Waals surface area contributed by atoms with E-state index in [-0.39, 0.29) is 11.9 Å². The third kappa shape index (κ3) is 4.94. The molecule has 0 bridgehead atoms. The molecule has 0 aliphatic rings. The van der Waals surface area contributed by atoms with Crippen LogP contribution in [-0.4, -0.2) is 17.8 Å². The van der Waals surface area contributed by atoms with Gasteiger partial charge in [0.15, 0.2) is 0 Å². The molecule has 1 aromatic carbocycles. The third-order valence-corrected chi connectivity index (χ3v) is 4.40. The largest absolute Gasteiger partial charge is 0.348 e. The minimum atomic E-state index is -0.125. The Hall–Kier alpha value is -0.0000000000000000555. The predicted molar refractivity (Wildman–Crippen MR) is 85.6 cm³/mol. The topological polar surface area (TPSA) is 29.1 Å². The second-order valence-corrected chi connectivity index (χ2v) is 6.46. The van der Waals surface area contributed by atoms with Crippen LogP contribution in [0.3, 0.4) is 0 Å². The molecule has 0 saturated heterocycles. The van der Waals surface area contributed by atoms with E-state index in [0.717, 1.165) is 9.99 Å². The molecule has 0 heterocycles. The summed E-state index contributed by atoms with van der Waals surface area (Å²) >= 11 is 14.0. The number of nitrogens with one attached hydrogen (secondary N) is 1. The maximum atomic E-state index is 12.0. The zero-order valence-corrected chi connectivity index (χ0v) is 14.0. The quantitative estimate of drug-likeness (QED) is 0.579. The third-order valence-electron chi connectivity index (χ3n) is 2.46. The minimum Gasteiger partial charge on any atom is -0.348 e. The monoisotopic (exact) mass is 399 g/mol. The van der Waals surface area contributed by atoms with E-state index < -0.39 is 0 Å². The van der Waals surface area contributed by atoms with E-state index in [1.165, 1.54) is 0 Å². The van der Waals surface area contributed by atoms with Crippen LogP contribution in [0.4, 0.5) is 0 Å². The fourth-order valence-electron chi connectivity index (χ4n) is 1.64. The molecule has 0 aliphatic heterocycles. The molecule has 18 heavy (non-hydrogen) atoms. The first-order valence-electron chi connectivity index (χ1n) is 5.76. The van der Waals surface area contributed by atoms with Gasteiger partial charge in [-0.3, -0.25) is 4.79 Å². The molecule has 1 N–H and O–H groups in total. The lowest BCUT2D eigenvalue weighted by atomic mass is 10.0. The van der Waals surface area contributed by atoms with Crippen LogP contribution in [0.15, 0.2) is 18.2 Å². The van der Waals surface area contributed by atoms with Crippen molar-refractivity contribution in [3.63, 3.8) is 0 Å². The van der Waals surface area contributed by atoms with Crippen molar-refractivity contribution >= 4 is 51.7 Å². The van der Waals surface area contributed by atoms with Crippen molar-refractivity contribution in [1.29, 1.82) is 0 Å². The van der Waals surface area contributed by atoms with E-state index in [1.54, 1.807) is 12.1 Å². The summed E-state index contributed by atoms with van der Waals surface area (Å²) in [7, 11) is 0. The van der Waals surface area contributed by atoms with Gasteiger partial charge in [0.1, 0.15) is 0 Å². The fourth-order valence-corrected chi connectivity index (χ4v) is 2.35. The van der Waals surface area contributed by atoms with Crippen molar-refractivity contribution in [3.05, 3.63) is 32.4 Å². The Morgan fingerprint density at radius 1 is 1.44 bits per heavy atom. The van der Waals surface area contributed by atoms with Crippen molar-refractivity contribution in [3.8, 4) is 0 Å². The van der Waals surface area contributed by atoms with Gasteiger partial charge in [-0.2, -0.15) is 0 Å². The highest BCUT2D eigenvalue weighted by atomic mass is 127. The number of halogens is 3. The molecule has 0 fully saturated rings. The molecule has 5 heteroatoms. The molecule has 1 amide bonds. The SMILES string of the molecule is CC(C)CC(CCl)NC(=O)c1ccc(I)c(Cl)c1. The predicted octanol–water partition coefficient (Wildman–Crippen LogP) is 4.33. The first kappa shape index (κ1) is 16.1. The number of hydrogen-bond acceptors (Lipinski definition) is 1. The average molecular weight is 400 g/mol. The Morgan fingerprint density at radius 3 is 2.61 bits per heavy atom. The Kier molecular flexibility index (Phi) is 6.74. The van der Waals surface area contributed by atoms with Crippen molar-refractivity contribution in [2.24, 2.45) is 5.92 Å². The zero-order chi connectivity index (χ0) is 13.7. The lowest BCUT2D eigenvalue weighted by molar-refractivity contribution is 0.0936. The molecule has 0 aromatic heterocycles. The van der Waals surface area contributed by atoms with Gasteiger partial charge in [0.25, 0.3) is 5.91 Å². The summed E-state index contributed by atoms with van der Waals surface area (Å²) in [5.74, 6) is 0.788. The summed E-state index contributed by atoms with van der Waals surface area (Å²) in [5.41, 5.74) is 0.569. The second kappa shape index (κ2) is 7.56. The Bertz CT molecular complexity index is 423. The van der Waals surface area contributed by atoms with E-state index in [1.807, 2.05) is 6.07 Å². The normalized spacial score (nSPS) is 12.6. The maximum Gasteiger partial charge on any atom is 0.251 e. The molecule has 1 unspecified atom stereocenters. The number of carbonyl (C=O) groups is 1. The van der Waals surface area contributed by atoms with Gasteiger partial charge >= 0.3 is 0 Å². The summed E-state index contributed by atoms with van der Waals surface area (Å²) < 4.78 is 0.932. The number of hydrogen-bond donors (Lipinski definition) is 1. The lowest BCUT2D eigenvalue weighted by Gasteiger charge is -2.18. The molecular weight excluding hydrogens is 384 g/mol. The second-order valence-electron chi connectivity index (χ2n) is 4.58. The van der Waals surface area contributed by atoms with E-state index in [9.17, 15) is 4.79 Å². The first-order valence-corrected chi connectivity index (χ1v) is 7.75. The minimum absolute atomic E-state index is 0.00257. The molecule has 2 nitrogen and oxygen atoms in total. The molecule has 0 saturated carbocycles. The van der Waals surface area contributed by atoms with Crippen molar-refractivity contribution in [2.45, 2.75) is 26.3 Å². The molecule has 1 aromatic rings.